The van der Waals surface area contributed by atoms with Crippen LogP contribution in [0.25, 0.3) is 0 Å². The normalized spacial score (nSPS) is 12.5. The summed E-state index contributed by atoms with van der Waals surface area (Å²) in [4.78, 5) is 4.01. The predicted octanol–water partition coefficient (Wildman–Crippen LogP) is 2.84. The van der Waals surface area contributed by atoms with Gasteiger partial charge in [0, 0.05) is 6.04 Å². The van der Waals surface area contributed by atoms with Gasteiger partial charge in [0.1, 0.15) is 29.9 Å². The average molecular weight is 402 g/mol. The minimum absolute atomic E-state index is 0.164. The Morgan fingerprint density at radius 3 is 2.21 bits per heavy atom. The highest BCUT2D eigenvalue weighted by Gasteiger charge is 2.18. The maximum Gasteiger partial charge on any atom is 0.240 e. The molecule has 0 aliphatic heterocycles. The van der Waals surface area contributed by atoms with Crippen molar-refractivity contribution in [3.63, 3.8) is 0 Å². The zero-order chi connectivity index (χ0) is 20.0. The van der Waals surface area contributed by atoms with E-state index in [9.17, 15) is 8.42 Å². The fourth-order valence-electron chi connectivity index (χ4n) is 2.57. The molecule has 0 saturated carbocycles. The molecule has 0 radical (unpaired) electrons. The highest BCUT2D eigenvalue weighted by molar-refractivity contribution is 7.89. The zero-order valence-corrected chi connectivity index (χ0v) is 16.5. The number of hydrogen-bond acceptors (Lipinski definition) is 6. The number of aromatic nitrogens is 3. The Morgan fingerprint density at radius 1 is 1.04 bits per heavy atom. The lowest BCUT2D eigenvalue weighted by Crippen LogP contribution is -2.35. The SMILES string of the molecule is CCOc1ccc(Oc2ccc(S(=O)(=O)NC(C)Cn3cncn3)cc2)cc1. The van der Waals surface area contributed by atoms with E-state index in [1.54, 1.807) is 35.9 Å². The van der Waals surface area contributed by atoms with E-state index in [0.29, 0.717) is 24.7 Å². The van der Waals surface area contributed by atoms with E-state index in [4.69, 9.17) is 9.47 Å². The quantitative estimate of drug-likeness (QED) is 0.591. The summed E-state index contributed by atoms with van der Waals surface area (Å²) >= 11 is 0. The van der Waals surface area contributed by atoms with Gasteiger partial charge in [-0.2, -0.15) is 5.10 Å². The van der Waals surface area contributed by atoms with Crippen molar-refractivity contribution in [2.24, 2.45) is 0 Å². The molecule has 1 atom stereocenters. The van der Waals surface area contributed by atoms with Crippen LogP contribution in [0.5, 0.6) is 17.2 Å². The molecular formula is C19H22N4O4S. The predicted molar refractivity (Wildman–Crippen MR) is 104 cm³/mol. The Labute approximate surface area is 164 Å². The minimum Gasteiger partial charge on any atom is -0.494 e. The number of hydrogen-bond donors (Lipinski definition) is 1. The molecule has 9 heteroatoms. The first-order valence-corrected chi connectivity index (χ1v) is 10.3. The maximum absolute atomic E-state index is 12.5. The summed E-state index contributed by atoms with van der Waals surface area (Å²) in [5.41, 5.74) is 0. The van der Waals surface area contributed by atoms with Crippen LogP contribution in [0.1, 0.15) is 13.8 Å². The number of benzene rings is 2. The number of nitrogens with zero attached hydrogens (tertiary/aromatic N) is 3. The van der Waals surface area contributed by atoms with Crippen molar-refractivity contribution >= 4 is 10.0 Å². The first kappa shape index (κ1) is 19.8. The molecule has 1 aromatic heterocycles. The molecule has 3 aromatic rings. The lowest BCUT2D eigenvalue weighted by Gasteiger charge is -2.14. The van der Waals surface area contributed by atoms with Crippen molar-refractivity contribution in [1.82, 2.24) is 19.5 Å². The van der Waals surface area contributed by atoms with Crippen molar-refractivity contribution in [1.29, 1.82) is 0 Å². The second-order valence-corrected chi connectivity index (χ2v) is 7.83. The van der Waals surface area contributed by atoms with E-state index in [2.05, 4.69) is 14.8 Å². The van der Waals surface area contributed by atoms with Gasteiger partial charge in [-0.3, -0.25) is 4.68 Å². The van der Waals surface area contributed by atoms with Crippen LogP contribution in [-0.4, -0.2) is 35.8 Å². The van der Waals surface area contributed by atoms with E-state index in [1.807, 2.05) is 19.1 Å². The lowest BCUT2D eigenvalue weighted by atomic mass is 10.3. The largest absolute Gasteiger partial charge is 0.494 e. The molecule has 3 rings (SSSR count). The summed E-state index contributed by atoms with van der Waals surface area (Å²) in [6.45, 7) is 4.67. The molecular weight excluding hydrogens is 380 g/mol. The number of rotatable bonds is 9. The number of ether oxygens (including phenoxy) is 2. The van der Waals surface area contributed by atoms with Crippen molar-refractivity contribution in [2.75, 3.05) is 6.61 Å². The third-order valence-electron chi connectivity index (χ3n) is 3.79. The van der Waals surface area contributed by atoms with Crippen molar-refractivity contribution in [3.8, 4) is 17.2 Å². The molecule has 0 spiro atoms. The first-order valence-electron chi connectivity index (χ1n) is 8.82. The van der Waals surface area contributed by atoms with Gasteiger partial charge in [-0.25, -0.2) is 18.1 Å². The van der Waals surface area contributed by atoms with E-state index in [1.165, 1.54) is 24.8 Å². The molecule has 2 aromatic carbocycles. The Hall–Kier alpha value is -2.91. The topological polar surface area (TPSA) is 95.3 Å². The summed E-state index contributed by atoms with van der Waals surface area (Å²) in [7, 11) is -3.65. The molecule has 1 unspecified atom stereocenters. The van der Waals surface area contributed by atoms with Crippen LogP contribution in [0.15, 0.2) is 66.1 Å². The first-order chi connectivity index (χ1) is 13.5. The van der Waals surface area contributed by atoms with Gasteiger partial charge in [-0.15, -0.1) is 0 Å². The Bertz CT molecular complexity index is 972. The summed E-state index contributed by atoms with van der Waals surface area (Å²) in [5.74, 6) is 1.94. The van der Waals surface area contributed by atoms with Gasteiger partial charge in [0.15, 0.2) is 0 Å². The smallest absolute Gasteiger partial charge is 0.240 e. The summed E-state index contributed by atoms with van der Waals surface area (Å²) in [6.07, 6.45) is 2.95. The van der Waals surface area contributed by atoms with E-state index < -0.39 is 10.0 Å². The third-order valence-corrected chi connectivity index (χ3v) is 5.39. The van der Waals surface area contributed by atoms with Gasteiger partial charge < -0.3 is 9.47 Å². The Kier molecular flexibility index (Phi) is 6.27. The highest BCUT2D eigenvalue weighted by atomic mass is 32.2. The molecule has 0 amide bonds. The van der Waals surface area contributed by atoms with Crippen molar-refractivity contribution in [2.45, 2.75) is 31.3 Å². The van der Waals surface area contributed by atoms with Crippen molar-refractivity contribution in [3.05, 3.63) is 61.2 Å². The Balaban J connectivity index is 1.62. The van der Waals surface area contributed by atoms with Crippen LogP contribution in [0.3, 0.4) is 0 Å². The van der Waals surface area contributed by atoms with Crippen LogP contribution < -0.4 is 14.2 Å². The maximum atomic E-state index is 12.5. The fourth-order valence-corrected chi connectivity index (χ4v) is 3.81. The molecule has 0 saturated heterocycles. The van der Waals surface area contributed by atoms with Gasteiger partial charge in [0.05, 0.1) is 18.0 Å². The zero-order valence-electron chi connectivity index (χ0n) is 15.6. The second kappa shape index (κ2) is 8.85. The molecule has 0 aliphatic rings. The minimum atomic E-state index is -3.65. The van der Waals surface area contributed by atoms with Crippen LogP contribution in [0.4, 0.5) is 0 Å². The van der Waals surface area contributed by atoms with Gasteiger partial charge in [0.2, 0.25) is 10.0 Å². The van der Waals surface area contributed by atoms with Gasteiger partial charge in [-0.1, -0.05) is 0 Å². The molecule has 1 heterocycles. The van der Waals surface area contributed by atoms with E-state index >= 15 is 0 Å². The number of sulfonamides is 1. The summed E-state index contributed by atoms with van der Waals surface area (Å²) in [6, 6.07) is 13.1. The molecule has 1 N–H and O–H groups in total. The molecule has 8 nitrogen and oxygen atoms in total. The fraction of sp³-hybridized carbons (Fsp3) is 0.263. The van der Waals surface area contributed by atoms with Crippen molar-refractivity contribution < 1.29 is 17.9 Å². The van der Waals surface area contributed by atoms with Crippen LogP contribution in [0.2, 0.25) is 0 Å². The Morgan fingerprint density at radius 2 is 1.64 bits per heavy atom. The summed E-state index contributed by atoms with van der Waals surface area (Å²) < 4.78 is 40.4. The monoisotopic (exact) mass is 402 g/mol. The lowest BCUT2D eigenvalue weighted by molar-refractivity contribution is 0.339. The van der Waals surface area contributed by atoms with Crippen LogP contribution in [0, 0.1) is 0 Å². The third kappa shape index (κ3) is 5.30. The second-order valence-electron chi connectivity index (χ2n) is 6.12. The van der Waals surface area contributed by atoms with Gasteiger partial charge in [-0.05, 0) is 62.4 Å². The highest BCUT2D eigenvalue weighted by Crippen LogP contribution is 2.25. The molecule has 148 valence electrons. The van der Waals surface area contributed by atoms with Crippen LogP contribution in [-0.2, 0) is 16.6 Å². The van der Waals surface area contributed by atoms with Crippen LogP contribution >= 0.6 is 0 Å². The van der Waals surface area contributed by atoms with E-state index in [0.717, 1.165) is 5.75 Å². The molecule has 0 aliphatic carbocycles. The van der Waals surface area contributed by atoms with E-state index in [-0.39, 0.29) is 10.9 Å². The summed E-state index contributed by atoms with van der Waals surface area (Å²) in [5, 5.41) is 3.97. The van der Waals surface area contributed by atoms with Gasteiger partial charge in [0.25, 0.3) is 0 Å². The number of nitrogens with one attached hydrogen (secondary N) is 1. The molecule has 28 heavy (non-hydrogen) atoms. The van der Waals surface area contributed by atoms with Gasteiger partial charge >= 0.3 is 0 Å². The molecule has 0 fully saturated rings. The molecule has 0 bridgehead atoms. The average Bonchev–Trinajstić information content (AvgIpc) is 3.16. The standard InChI is InChI=1S/C19H22N4O4S/c1-3-26-16-4-6-17(7-5-16)27-18-8-10-19(11-9-18)28(24,25)22-15(2)12-23-14-20-13-21-23/h4-11,13-15,22H,3,12H2,1-2H3.